The molecule has 3 unspecified atom stereocenters. The summed E-state index contributed by atoms with van der Waals surface area (Å²) in [6, 6.07) is 0.317. The Labute approximate surface area is 134 Å². The van der Waals surface area contributed by atoms with Crippen LogP contribution in [0, 0.1) is 10.1 Å². The van der Waals surface area contributed by atoms with Crippen molar-refractivity contribution in [3.05, 3.63) is 22.5 Å². The summed E-state index contributed by atoms with van der Waals surface area (Å²) in [5.41, 5.74) is -0.00172. The van der Waals surface area contributed by atoms with Crippen molar-refractivity contribution in [2.45, 2.75) is 51.0 Å². The number of nitro groups is 1. The normalized spacial score (nSPS) is 26.5. The fourth-order valence-corrected chi connectivity index (χ4v) is 3.12. The summed E-state index contributed by atoms with van der Waals surface area (Å²) in [5, 5.41) is 21.2. The lowest BCUT2D eigenvalue weighted by atomic mass is 9.96. The highest BCUT2D eigenvalue weighted by Crippen LogP contribution is 2.34. The minimum Gasteiger partial charge on any atom is -0.373 e. The minimum atomic E-state index is -0.451. The molecule has 9 heteroatoms. The molecule has 3 rings (SSSR count). The predicted molar refractivity (Wildman–Crippen MR) is 84.3 cm³/mol. The molecule has 23 heavy (non-hydrogen) atoms. The molecule has 0 saturated carbocycles. The number of hydrogen-bond donors (Lipinski definition) is 2. The van der Waals surface area contributed by atoms with Gasteiger partial charge in [-0.3, -0.25) is 19.8 Å². The zero-order valence-corrected chi connectivity index (χ0v) is 13.1. The van der Waals surface area contributed by atoms with Gasteiger partial charge in [0.05, 0.1) is 36.3 Å². The zero-order chi connectivity index (χ0) is 16.2. The number of aromatic nitrogens is 2. The molecule has 3 heterocycles. The molecular weight excluding hydrogens is 300 g/mol. The number of fused-ring (bicyclic) bond motifs is 2. The Morgan fingerprint density at radius 2 is 2.48 bits per heavy atom. The summed E-state index contributed by atoms with van der Waals surface area (Å²) in [7, 11) is 0. The summed E-state index contributed by atoms with van der Waals surface area (Å²) < 4.78 is 7.37. The van der Waals surface area contributed by atoms with Crippen molar-refractivity contribution >= 4 is 11.6 Å². The molecular formula is C14H22N6O3. The first-order valence-corrected chi connectivity index (χ1v) is 8.03. The first kappa shape index (κ1) is 15.7. The molecule has 2 fully saturated rings. The van der Waals surface area contributed by atoms with E-state index in [4.69, 9.17) is 4.74 Å². The van der Waals surface area contributed by atoms with Gasteiger partial charge in [-0.15, -0.1) is 0 Å². The van der Waals surface area contributed by atoms with Gasteiger partial charge in [-0.1, -0.05) is 0 Å². The predicted octanol–water partition coefficient (Wildman–Crippen LogP) is 0.666. The van der Waals surface area contributed by atoms with Gasteiger partial charge in [0.1, 0.15) is 12.4 Å². The van der Waals surface area contributed by atoms with E-state index in [9.17, 15) is 10.1 Å². The lowest BCUT2D eigenvalue weighted by molar-refractivity contribution is -0.385. The van der Waals surface area contributed by atoms with Crippen LogP contribution in [0.15, 0.2) is 17.4 Å². The summed E-state index contributed by atoms with van der Waals surface area (Å²) in [6.07, 6.45) is 6.65. The SMILES string of the molecule is CCNC(=NCCn1cc([N+](=O)[O-])cn1)NC1CC2CCC1O2. The number of rotatable bonds is 6. The Bertz CT molecular complexity index is 587. The van der Waals surface area contributed by atoms with Crippen LogP contribution in [0.2, 0.25) is 0 Å². The van der Waals surface area contributed by atoms with Gasteiger partial charge >= 0.3 is 5.69 Å². The Morgan fingerprint density at radius 1 is 1.61 bits per heavy atom. The highest BCUT2D eigenvalue weighted by Gasteiger charge is 2.41. The largest absolute Gasteiger partial charge is 0.373 e. The number of nitrogens with one attached hydrogen (secondary N) is 2. The van der Waals surface area contributed by atoms with Gasteiger partial charge in [0, 0.05) is 6.54 Å². The van der Waals surface area contributed by atoms with E-state index in [0.29, 0.717) is 25.2 Å². The van der Waals surface area contributed by atoms with Crippen LogP contribution in [0.25, 0.3) is 0 Å². The van der Waals surface area contributed by atoms with E-state index in [1.165, 1.54) is 17.1 Å². The number of nitrogens with zero attached hydrogens (tertiary/aromatic N) is 4. The minimum absolute atomic E-state index is 0.00172. The van der Waals surface area contributed by atoms with Crippen molar-refractivity contribution in [1.29, 1.82) is 0 Å². The third kappa shape index (κ3) is 3.79. The molecule has 2 saturated heterocycles. The van der Waals surface area contributed by atoms with Crippen LogP contribution < -0.4 is 10.6 Å². The van der Waals surface area contributed by atoms with Crippen LogP contribution in [-0.2, 0) is 11.3 Å². The highest BCUT2D eigenvalue weighted by molar-refractivity contribution is 5.80. The van der Waals surface area contributed by atoms with E-state index in [2.05, 4.69) is 20.7 Å². The molecule has 0 radical (unpaired) electrons. The summed E-state index contributed by atoms with van der Waals surface area (Å²) in [6.45, 7) is 3.79. The van der Waals surface area contributed by atoms with Crippen molar-refractivity contribution in [3.63, 3.8) is 0 Å². The zero-order valence-electron chi connectivity index (χ0n) is 13.1. The summed E-state index contributed by atoms with van der Waals surface area (Å²) in [4.78, 5) is 14.7. The highest BCUT2D eigenvalue weighted by atomic mass is 16.6. The van der Waals surface area contributed by atoms with Gasteiger partial charge in [-0.2, -0.15) is 5.10 Å². The molecule has 0 amide bonds. The van der Waals surface area contributed by atoms with E-state index in [1.807, 2.05) is 6.92 Å². The van der Waals surface area contributed by atoms with Crippen LogP contribution in [0.4, 0.5) is 5.69 Å². The molecule has 0 spiro atoms. The van der Waals surface area contributed by atoms with E-state index in [1.54, 1.807) is 0 Å². The maximum atomic E-state index is 10.6. The summed E-state index contributed by atoms with van der Waals surface area (Å²) >= 11 is 0. The molecule has 0 aromatic carbocycles. The maximum absolute atomic E-state index is 10.6. The van der Waals surface area contributed by atoms with Crippen LogP contribution in [0.1, 0.15) is 26.2 Å². The van der Waals surface area contributed by atoms with E-state index < -0.39 is 4.92 Å². The van der Waals surface area contributed by atoms with Crippen molar-refractivity contribution in [2.24, 2.45) is 4.99 Å². The first-order chi connectivity index (χ1) is 11.2. The van der Waals surface area contributed by atoms with Gasteiger partial charge < -0.3 is 15.4 Å². The van der Waals surface area contributed by atoms with Gasteiger partial charge in [0.2, 0.25) is 0 Å². The standard InChI is InChI=1S/C14H22N6O3/c1-2-15-14(18-12-7-11-3-4-13(12)23-11)16-5-6-19-9-10(8-17-19)20(21)22/h8-9,11-13H,2-7H2,1H3,(H2,15,16,18). The fraction of sp³-hybridized carbons (Fsp3) is 0.714. The van der Waals surface area contributed by atoms with Crippen molar-refractivity contribution in [3.8, 4) is 0 Å². The lowest BCUT2D eigenvalue weighted by Gasteiger charge is -2.22. The number of guanidine groups is 1. The molecule has 1 aromatic heterocycles. The van der Waals surface area contributed by atoms with Crippen LogP contribution in [0.5, 0.6) is 0 Å². The van der Waals surface area contributed by atoms with Crippen molar-refractivity contribution in [1.82, 2.24) is 20.4 Å². The molecule has 1 aromatic rings. The smallest absolute Gasteiger partial charge is 0.306 e. The number of aliphatic imine (C=N–C) groups is 1. The molecule has 2 bridgehead atoms. The van der Waals surface area contributed by atoms with Crippen LogP contribution in [0.3, 0.4) is 0 Å². The third-order valence-electron chi connectivity index (χ3n) is 4.20. The second-order valence-corrected chi connectivity index (χ2v) is 5.84. The molecule has 2 N–H and O–H groups in total. The summed E-state index contributed by atoms with van der Waals surface area (Å²) in [5.74, 6) is 0.760. The van der Waals surface area contributed by atoms with Gasteiger partial charge in [0.15, 0.2) is 5.96 Å². The maximum Gasteiger partial charge on any atom is 0.306 e. The second kappa shape index (κ2) is 6.95. The Balaban J connectivity index is 1.52. The molecule has 2 aliphatic rings. The second-order valence-electron chi connectivity index (χ2n) is 5.84. The molecule has 3 atom stereocenters. The van der Waals surface area contributed by atoms with Crippen LogP contribution in [-0.4, -0.2) is 52.0 Å². The Hall–Kier alpha value is -2.16. The quantitative estimate of drug-likeness (QED) is 0.345. The monoisotopic (exact) mass is 322 g/mol. The lowest BCUT2D eigenvalue weighted by Crippen LogP contribution is -2.47. The number of ether oxygens (including phenoxy) is 1. The average molecular weight is 322 g/mol. The average Bonchev–Trinajstić information content (AvgIpc) is 3.23. The molecule has 2 aliphatic heterocycles. The van der Waals surface area contributed by atoms with E-state index >= 15 is 0 Å². The van der Waals surface area contributed by atoms with E-state index in [0.717, 1.165) is 31.8 Å². The Morgan fingerprint density at radius 3 is 3.09 bits per heavy atom. The topological polar surface area (TPSA) is 107 Å². The molecule has 9 nitrogen and oxygen atoms in total. The van der Waals surface area contributed by atoms with Gasteiger partial charge in [0.25, 0.3) is 0 Å². The van der Waals surface area contributed by atoms with Crippen molar-refractivity contribution < 1.29 is 9.66 Å². The first-order valence-electron chi connectivity index (χ1n) is 8.03. The van der Waals surface area contributed by atoms with Crippen LogP contribution >= 0.6 is 0 Å². The molecule has 0 aliphatic carbocycles. The third-order valence-corrected chi connectivity index (χ3v) is 4.20. The Kier molecular flexibility index (Phi) is 4.75. The molecule has 126 valence electrons. The van der Waals surface area contributed by atoms with E-state index in [-0.39, 0.29) is 11.8 Å². The number of hydrogen-bond acceptors (Lipinski definition) is 5. The fourth-order valence-electron chi connectivity index (χ4n) is 3.12. The van der Waals surface area contributed by atoms with Gasteiger partial charge in [-0.25, -0.2) is 0 Å². The van der Waals surface area contributed by atoms with Crippen molar-refractivity contribution in [2.75, 3.05) is 13.1 Å². The van der Waals surface area contributed by atoms with Gasteiger partial charge in [-0.05, 0) is 26.2 Å².